The van der Waals surface area contributed by atoms with Crippen molar-refractivity contribution in [3.05, 3.63) is 0 Å². The van der Waals surface area contributed by atoms with Gasteiger partial charge in [0.2, 0.25) is 0 Å². The van der Waals surface area contributed by atoms with Crippen molar-refractivity contribution in [2.24, 2.45) is 11.8 Å². The first-order valence-electron chi connectivity index (χ1n) is 7.98. The summed E-state index contributed by atoms with van der Waals surface area (Å²) >= 11 is 0. The third-order valence-electron chi connectivity index (χ3n) is 3.44. The normalized spacial score (nSPS) is 14.4. The van der Waals surface area contributed by atoms with E-state index in [1.54, 1.807) is 0 Å². The van der Waals surface area contributed by atoms with Crippen molar-refractivity contribution >= 4 is 0 Å². The number of ether oxygens (including phenoxy) is 2. The molecule has 1 atom stereocenters. The summed E-state index contributed by atoms with van der Waals surface area (Å²) in [4.78, 5) is 0. The molecule has 2 nitrogen and oxygen atoms in total. The summed E-state index contributed by atoms with van der Waals surface area (Å²) in [6.45, 7) is 17.2. The second kappa shape index (κ2) is 9.77. The van der Waals surface area contributed by atoms with Crippen LogP contribution in [0.4, 0.5) is 0 Å². The van der Waals surface area contributed by atoms with Gasteiger partial charge in [-0.2, -0.15) is 0 Å². The van der Waals surface area contributed by atoms with Gasteiger partial charge in [0.05, 0.1) is 11.7 Å². The van der Waals surface area contributed by atoms with Gasteiger partial charge in [0, 0.05) is 13.2 Å². The van der Waals surface area contributed by atoms with E-state index >= 15 is 0 Å². The lowest BCUT2D eigenvalue weighted by Crippen LogP contribution is -2.27. The van der Waals surface area contributed by atoms with Gasteiger partial charge >= 0.3 is 0 Å². The second-order valence-corrected chi connectivity index (χ2v) is 7.19. The molecule has 0 saturated carbocycles. The van der Waals surface area contributed by atoms with Gasteiger partial charge in [-0.3, -0.25) is 0 Å². The average molecular weight is 272 g/mol. The molecule has 0 rings (SSSR count). The van der Waals surface area contributed by atoms with Crippen LogP contribution in [-0.2, 0) is 9.47 Å². The molecule has 19 heavy (non-hydrogen) atoms. The molecule has 0 aliphatic heterocycles. The topological polar surface area (TPSA) is 18.5 Å². The van der Waals surface area contributed by atoms with Crippen molar-refractivity contribution in [1.29, 1.82) is 0 Å². The molecule has 0 spiro atoms. The third-order valence-corrected chi connectivity index (χ3v) is 3.44. The Morgan fingerprint density at radius 2 is 1.32 bits per heavy atom. The Hall–Kier alpha value is -0.0800. The van der Waals surface area contributed by atoms with E-state index in [1.807, 2.05) is 0 Å². The maximum atomic E-state index is 5.98. The first-order valence-corrected chi connectivity index (χ1v) is 7.98. The Bertz CT molecular complexity index is 209. The number of hydrogen-bond acceptors (Lipinski definition) is 2. The molecule has 0 aromatic heterocycles. The van der Waals surface area contributed by atoms with E-state index in [1.165, 1.54) is 0 Å². The molecule has 0 aliphatic carbocycles. The number of hydrogen-bond donors (Lipinski definition) is 0. The van der Waals surface area contributed by atoms with E-state index in [0.29, 0.717) is 12.0 Å². The van der Waals surface area contributed by atoms with Crippen LogP contribution in [0.15, 0.2) is 0 Å². The molecule has 0 amide bonds. The summed E-state index contributed by atoms with van der Waals surface area (Å²) in [6.07, 6.45) is 4.77. The zero-order valence-corrected chi connectivity index (χ0v) is 14.3. The molecule has 0 aromatic rings. The maximum Gasteiger partial charge on any atom is 0.0627 e. The van der Waals surface area contributed by atoms with Gasteiger partial charge in [-0.1, -0.05) is 27.7 Å². The standard InChI is InChI=1S/C17H36O2/c1-14(2)9-12-18-16(5)8-11-17(6,7)19-13-10-15(3)4/h14-16H,8-13H2,1-7H3. The van der Waals surface area contributed by atoms with E-state index in [-0.39, 0.29) is 5.60 Å². The molecular formula is C17H36O2. The molecule has 0 radical (unpaired) electrons. The highest BCUT2D eigenvalue weighted by Crippen LogP contribution is 2.20. The Morgan fingerprint density at radius 1 is 0.789 bits per heavy atom. The van der Waals surface area contributed by atoms with Crippen LogP contribution in [0.1, 0.15) is 74.1 Å². The van der Waals surface area contributed by atoms with E-state index in [9.17, 15) is 0 Å². The van der Waals surface area contributed by atoms with Crippen molar-refractivity contribution in [3.63, 3.8) is 0 Å². The van der Waals surface area contributed by atoms with Crippen LogP contribution in [0.25, 0.3) is 0 Å². The Labute approximate surface area is 121 Å². The van der Waals surface area contributed by atoms with E-state index in [0.717, 1.165) is 44.8 Å². The largest absolute Gasteiger partial charge is 0.378 e. The van der Waals surface area contributed by atoms with Crippen molar-refractivity contribution in [1.82, 2.24) is 0 Å². The zero-order chi connectivity index (χ0) is 14.9. The van der Waals surface area contributed by atoms with E-state index in [2.05, 4.69) is 48.5 Å². The Kier molecular flexibility index (Phi) is 9.72. The first kappa shape index (κ1) is 18.9. The quantitative estimate of drug-likeness (QED) is 0.523. The minimum Gasteiger partial charge on any atom is -0.378 e. The molecule has 0 bridgehead atoms. The molecule has 2 heteroatoms. The Balaban J connectivity index is 3.70. The first-order chi connectivity index (χ1) is 8.73. The van der Waals surface area contributed by atoms with Gasteiger partial charge in [-0.25, -0.2) is 0 Å². The molecule has 0 N–H and O–H groups in total. The van der Waals surface area contributed by atoms with Crippen molar-refractivity contribution < 1.29 is 9.47 Å². The summed E-state index contributed by atoms with van der Waals surface area (Å²) in [7, 11) is 0. The van der Waals surface area contributed by atoms with Crippen molar-refractivity contribution in [2.45, 2.75) is 85.9 Å². The highest BCUT2D eigenvalue weighted by molar-refractivity contribution is 4.70. The van der Waals surface area contributed by atoms with Gasteiger partial charge in [-0.05, 0) is 58.3 Å². The minimum atomic E-state index is -0.0233. The van der Waals surface area contributed by atoms with Gasteiger partial charge < -0.3 is 9.47 Å². The highest BCUT2D eigenvalue weighted by Gasteiger charge is 2.19. The van der Waals surface area contributed by atoms with Crippen LogP contribution in [0, 0.1) is 11.8 Å². The minimum absolute atomic E-state index is 0.0233. The summed E-state index contributed by atoms with van der Waals surface area (Å²) < 4.78 is 11.8. The fraction of sp³-hybridized carbons (Fsp3) is 1.00. The predicted octanol–water partition coefficient (Wildman–Crippen LogP) is 5.06. The van der Waals surface area contributed by atoms with Crippen LogP contribution in [0.5, 0.6) is 0 Å². The average Bonchev–Trinajstić information content (AvgIpc) is 2.25. The molecule has 0 fully saturated rings. The molecule has 0 aliphatic rings. The molecule has 0 heterocycles. The molecule has 1 unspecified atom stereocenters. The lowest BCUT2D eigenvalue weighted by Gasteiger charge is -2.27. The fourth-order valence-corrected chi connectivity index (χ4v) is 1.78. The van der Waals surface area contributed by atoms with Gasteiger partial charge in [0.25, 0.3) is 0 Å². The molecule has 116 valence electrons. The second-order valence-electron chi connectivity index (χ2n) is 7.19. The molecule has 0 aromatic carbocycles. The summed E-state index contributed by atoms with van der Waals surface area (Å²) in [6, 6.07) is 0. The van der Waals surface area contributed by atoms with Gasteiger partial charge in [0.15, 0.2) is 0 Å². The van der Waals surface area contributed by atoms with Gasteiger partial charge in [0.1, 0.15) is 0 Å². The van der Waals surface area contributed by atoms with E-state index in [4.69, 9.17) is 9.47 Å². The lowest BCUT2D eigenvalue weighted by atomic mass is 10.00. The monoisotopic (exact) mass is 272 g/mol. The third kappa shape index (κ3) is 12.7. The molecular weight excluding hydrogens is 236 g/mol. The van der Waals surface area contributed by atoms with Crippen LogP contribution >= 0.6 is 0 Å². The van der Waals surface area contributed by atoms with Crippen LogP contribution < -0.4 is 0 Å². The molecule has 0 saturated heterocycles. The van der Waals surface area contributed by atoms with Crippen LogP contribution in [0.3, 0.4) is 0 Å². The maximum absolute atomic E-state index is 5.98. The summed E-state index contributed by atoms with van der Waals surface area (Å²) in [5.41, 5.74) is -0.0233. The summed E-state index contributed by atoms with van der Waals surface area (Å²) in [5, 5.41) is 0. The predicted molar refractivity (Wildman–Crippen MR) is 83.6 cm³/mol. The highest BCUT2D eigenvalue weighted by atomic mass is 16.5. The van der Waals surface area contributed by atoms with Crippen LogP contribution in [0.2, 0.25) is 0 Å². The SMILES string of the molecule is CC(C)CCOC(C)CCC(C)(C)OCCC(C)C. The smallest absolute Gasteiger partial charge is 0.0627 e. The zero-order valence-electron chi connectivity index (χ0n) is 14.3. The van der Waals surface area contributed by atoms with Gasteiger partial charge in [-0.15, -0.1) is 0 Å². The summed E-state index contributed by atoms with van der Waals surface area (Å²) in [5.74, 6) is 1.44. The van der Waals surface area contributed by atoms with E-state index < -0.39 is 0 Å². The lowest BCUT2D eigenvalue weighted by molar-refractivity contribution is -0.0411. The van der Waals surface area contributed by atoms with Crippen molar-refractivity contribution in [2.75, 3.05) is 13.2 Å². The van der Waals surface area contributed by atoms with Crippen molar-refractivity contribution in [3.8, 4) is 0 Å². The Morgan fingerprint density at radius 3 is 1.84 bits per heavy atom. The van der Waals surface area contributed by atoms with Crippen LogP contribution in [-0.4, -0.2) is 24.9 Å². The fourth-order valence-electron chi connectivity index (χ4n) is 1.78. The number of rotatable bonds is 11.